The molecule has 8 nitrogen and oxygen atoms in total. The summed E-state index contributed by atoms with van der Waals surface area (Å²) in [5, 5.41) is 7.00. The van der Waals surface area contributed by atoms with Crippen LogP contribution in [0, 0.1) is 0 Å². The van der Waals surface area contributed by atoms with E-state index in [9.17, 15) is 0 Å². The summed E-state index contributed by atoms with van der Waals surface area (Å²) >= 11 is 0. The Morgan fingerprint density at radius 2 is 2.00 bits per heavy atom. The number of piperidine rings is 1. The molecule has 1 aliphatic carbocycles. The van der Waals surface area contributed by atoms with Gasteiger partial charge in [-0.2, -0.15) is 0 Å². The van der Waals surface area contributed by atoms with Crippen LogP contribution in [-0.2, 0) is 4.74 Å². The van der Waals surface area contributed by atoms with Crippen LogP contribution in [0.5, 0.6) is 0 Å². The Morgan fingerprint density at radius 3 is 2.86 bits per heavy atom. The summed E-state index contributed by atoms with van der Waals surface area (Å²) in [4.78, 5) is 16.3. The highest BCUT2D eigenvalue weighted by Crippen LogP contribution is 2.39. The molecule has 29 heavy (non-hydrogen) atoms. The molecule has 3 saturated heterocycles. The summed E-state index contributed by atoms with van der Waals surface area (Å²) in [6, 6.07) is 0.549. The van der Waals surface area contributed by atoms with Crippen LogP contribution in [-0.4, -0.2) is 68.3 Å². The molecule has 4 fully saturated rings. The molecule has 2 aromatic rings. The Hall–Kier alpha value is -1.77. The molecule has 1 saturated carbocycles. The van der Waals surface area contributed by atoms with Crippen molar-refractivity contribution in [2.24, 2.45) is 0 Å². The molecular formula is C21H31N7O. The van der Waals surface area contributed by atoms with E-state index >= 15 is 0 Å². The van der Waals surface area contributed by atoms with E-state index in [4.69, 9.17) is 4.74 Å². The van der Waals surface area contributed by atoms with Gasteiger partial charge in [0.15, 0.2) is 17.0 Å². The van der Waals surface area contributed by atoms with Crippen molar-refractivity contribution < 1.29 is 4.74 Å². The van der Waals surface area contributed by atoms with Crippen LogP contribution in [0.4, 0.5) is 5.82 Å². The maximum Gasteiger partial charge on any atom is 0.167 e. The molecule has 156 valence electrons. The molecule has 0 aromatic carbocycles. The highest BCUT2D eigenvalue weighted by Gasteiger charge is 2.43. The quantitative estimate of drug-likeness (QED) is 0.801. The fourth-order valence-electron chi connectivity index (χ4n) is 5.60. The van der Waals surface area contributed by atoms with E-state index in [2.05, 4.69) is 35.1 Å². The van der Waals surface area contributed by atoms with Crippen molar-refractivity contribution in [3.63, 3.8) is 0 Å². The smallest absolute Gasteiger partial charge is 0.167 e. The summed E-state index contributed by atoms with van der Waals surface area (Å²) in [5.41, 5.74) is 2.16. The zero-order valence-electron chi connectivity index (χ0n) is 17.0. The lowest BCUT2D eigenvalue weighted by Crippen LogP contribution is -2.52. The lowest BCUT2D eigenvalue weighted by atomic mass is 9.85. The summed E-state index contributed by atoms with van der Waals surface area (Å²) in [7, 11) is 0. The predicted molar refractivity (Wildman–Crippen MR) is 111 cm³/mol. The first-order valence-corrected chi connectivity index (χ1v) is 11.4. The van der Waals surface area contributed by atoms with Gasteiger partial charge in [0.1, 0.15) is 12.6 Å². The molecule has 2 N–H and O–H groups in total. The van der Waals surface area contributed by atoms with Gasteiger partial charge in [0.2, 0.25) is 0 Å². The SMILES string of the molecule is c1nc(NC2CC2)c2ncn(C3CCC(CN4CCCC45CCNCC5)O3)c2n1. The highest BCUT2D eigenvalue weighted by atomic mass is 16.5. The maximum absolute atomic E-state index is 6.53. The molecule has 0 amide bonds. The Kier molecular flexibility index (Phi) is 4.46. The Balaban J connectivity index is 1.16. The third-order valence-electron chi connectivity index (χ3n) is 7.37. The van der Waals surface area contributed by atoms with Gasteiger partial charge in [0, 0.05) is 18.1 Å². The molecular weight excluding hydrogens is 366 g/mol. The number of hydrogen-bond donors (Lipinski definition) is 2. The van der Waals surface area contributed by atoms with E-state index in [0.29, 0.717) is 17.7 Å². The van der Waals surface area contributed by atoms with Gasteiger partial charge in [0.05, 0.1) is 12.4 Å². The van der Waals surface area contributed by atoms with Crippen molar-refractivity contribution in [2.45, 2.75) is 75.3 Å². The Labute approximate surface area is 171 Å². The fraction of sp³-hybridized carbons (Fsp3) is 0.762. The first-order valence-electron chi connectivity index (χ1n) is 11.4. The monoisotopic (exact) mass is 397 g/mol. The zero-order chi connectivity index (χ0) is 19.3. The van der Waals surface area contributed by atoms with Crippen LogP contribution in [0.25, 0.3) is 11.2 Å². The Morgan fingerprint density at radius 1 is 1.10 bits per heavy atom. The molecule has 3 aliphatic heterocycles. The number of rotatable bonds is 5. The van der Waals surface area contributed by atoms with E-state index in [1.807, 2.05) is 6.33 Å². The van der Waals surface area contributed by atoms with Gasteiger partial charge >= 0.3 is 0 Å². The number of aromatic nitrogens is 4. The van der Waals surface area contributed by atoms with Crippen molar-refractivity contribution in [3.05, 3.63) is 12.7 Å². The normalized spacial score (nSPS) is 29.8. The lowest BCUT2D eigenvalue weighted by molar-refractivity contribution is -0.0279. The number of ether oxygens (including phenoxy) is 1. The molecule has 1 spiro atoms. The number of nitrogens with one attached hydrogen (secondary N) is 2. The lowest BCUT2D eigenvalue weighted by Gasteiger charge is -2.42. The minimum Gasteiger partial charge on any atom is -0.365 e. The summed E-state index contributed by atoms with van der Waals surface area (Å²) in [6.45, 7) is 4.60. The molecule has 0 bridgehead atoms. The maximum atomic E-state index is 6.53. The van der Waals surface area contributed by atoms with Crippen LogP contribution in [0.15, 0.2) is 12.7 Å². The summed E-state index contributed by atoms with van der Waals surface area (Å²) in [6.07, 6.45) is 13.7. The van der Waals surface area contributed by atoms with Gasteiger partial charge in [-0.3, -0.25) is 9.47 Å². The van der Waals surface area contributed by atoms with E-state index < -0.39 is 0 Å². The molecule has 8 heteroatoms. The highest BCUT2D eigenvalue weighted by molar-refractivity contribution is 5.82. The number of fused-ring (bicyclic) bond motifs is 1. The van der Waals surface area contributed by atoms with Gasteiger partial charge < -0.3 is 15.4 Å². The predicted octanol–water partition coefficient (Wildman–Crippen LogP) is 2.30. The second-order valence-electron chi connectivity index (χ2n) is 9.28. The molecule has 2 atom stereocenters. The van der Waals surface area contributed by atoms with E-state index in [-0.39, 0.29) is 6.23 Å². The fourth-order valence-corrected chi connectivity index (χ4v) is 5.60. The van der Waals surface area contributed by atoms with Gasteiger partial charge in [-0.1, -0.05) is 0 Å². The molecule has 2 aromatic heterocycles. The third-order valence-corrected chi connectivity index (χ3v) is 7.37. The second-order valence-corrected chi connectivity index (χ2v) is 9.28. The van der Waals surface area contributed by atoms with Crippen molar-refractivity contribution in [2.75, 3.05) is 31.5 Å². The number of anilines is 1. The standard InChI is InChI=1S/C21H31N7O/c1-6-21(7-9-22-10-8-21)27(11-1)12-16-4-5-17(29-16)28-14-25-18-19(26-15-2-3-15)23-13-24-20(18)28/h13-17,22H,1-12H2,(H,23,24,26). The van der Waals surface area contributed by atoms with Crippen LogP contribution in [0.2, 0.25) is 0 Å². The molecule has 0 radical (unpaired) electrons. The van der Waals surface area contributed by atoms with Crippen molar-refractivity contribution in [1.29, 1.82) is 0 Å². The number of nitrogens with zero attached hydrogens (tertiary/aromatic N) is 5. The number of hydrogen-bond acceptors (Lipinski definition) is 7. The van der Waals surface area contributed by atoms with Gasteiger partial charge in [-0.05, 0) is 71.0 Å². The van der Waals surface area contributed by atoms with Crippen molar-refractivity contribution in [1.82, 2.24) is 29.7 Å². The van der Waals surface area contributed by atoms with E-state index in [0.717, 1.165) is 49.5 Å². The molecule has 6 rings (SSSR count). The number of imidazole rings is 1. The zero-order valence-corrected chi connectivity index (χ0v) is 17.0. The van der Waals surface area contributed by atoms with Gasteiger partial charge in [-0.25, -0.2) is 15.0 Å². The number of likely N-dealkylation sites (tertiary alicyclic amines) is 1. The van der Waals surface area contributed by atoms with E-state index in [1.54, 1.807) is 6.33 Å². The van der Waals surface area contributed by atoms with Crippen LogP contribution in [0.3, 0.4) is 0 Å². The summed E-state index contributed by atoms with van der Waals surface area (Å²) < 4.78 is 8.64. The van der Waals surface area contributed by atoms with Crippen molar-refractivity contribution in [3.8, 4) is 0 Å². The second kappa shape index (κ2) is 7.18. The average molecular weight is 398 g/mol. The average Bonchev–Trinajstić information content (AvgIpc) is 3.12. The third kappa shape index (κ3) is 3.31. The first-order chi connectivity index (χ1) is 14.3. The van der Waals surface area contributed by atoms with Gasteiger partial charge in [0.25, 0.3) is 0 Å². The minimum absolute atomic E-state index is 0.0280. The van der Waals surface area contributed by atoms with Crippen LogP contribution >= 0.6 is 0 Å². The van der Waals surface area contributed by atoms with E-state index in [1.165, 1.54) is 45.1 Å². The topological polar surface area (TPSA) is 80.1 Å². The van der Waals surface area contributed by atoms with Crippen LogP contribution in [0.1, 0.15) is 57.6 Å². The minimum atomic E-state index is 0.0280. The summed E-state index contributed by atoms with van der Waals surface area (Å²) in [5.74, 6) is 0.857. The van der Waals surface area contributed by atoms with Gasteiger partial charge in [-0.15, -0.1) is 0 Å². The first kappa shape index (κ1) is 18.0. The largest absolute Gasteiger partial charge is 0.365 e. The Bertz CT molecular complexity index is 873. The van der Waals surface area contributed by atoms with Crippen LogP contribution < -0.4 is 10.6 Å². The molecule has 4 aliphatic rings. The molecule has 5 heterocycles. The molecule has 2 unspecified atom stereocenters. The van der Waals surface area contributed by atoms with Crippen molar-refractivity contribution >= 4 is 17.0 Å².